The number of benzene rings is 2. The van der Waals surface area contributed by atoms with Gasteiger partial charge in [-0.2, -0.15) is 5.10 Å². The lowest BCUT2D eigenvalue weighted by Crippen LogP contribution is -2.20. The van der Waals surface area contributed by atoms with Crippen LogP contribution in [0.3, 0.4) is 0 Å². The number of rotatable bonds is 5. The molecule has 0 amide bonds. The zero-order chi connectivity index (χ0) is 21.4. The second-order valence-corrected chi connectivity index (χ2v) is 8.83. The molecule has 0 spiro atoms. The Hall–Kier alpha value is -3.58. The van der Waals surface area contributed by atoms with Crippen LogP contribution in [0, 0.1) is 0 Å². The lowest BCUT2D eigenvalue weighted by Gasteiger charge is -2.05. The third-order valence-corrected chi connectivity index (χ3v) is 6.29. The summed E-state index contributed by atoms with van der Waals surface area (Å²) in [6, 6.07) is 18.2. The molecule has 0 N–H and O–H groups in total. The third kappa shape index (κ3) is 3.68. The van der Waals surface area contributed by atoms with Crippen LogP contribution in [0.25, 0.3) is 27.3 Å². The molecule has 0 saturated carbocycles. The molecule has 0 fully saturated rings. The normalized spacial score (nSPS) is 11.5. The van der Waals surface area contributed by atoms with E-state index in [2.05, 4.69) is 53.2 Å². The Kier molecular flexibility index (Phi) is 4.95. The average molecular weight is 428 g/mol. The molecule has 0 atom stereocenters. The van der Waals surface area contributed by atoms with Crippen LogP contribution in [-0.2, 0) is 6.54 Å². The number of aromatic nitrogens is 5. The van der Waals surface area contributed by atoms with Crippen molar-refractivity contribution in [1.29, 1.82) is 0 Å². The molecule has 0 radical (unpaired) electrons. The van der Waals surface area contributed by atoms with Crippen molar-refractivity contribution in [2.75, 3.05) is 0 Å². The second-order valence-electron chi connectivity index (χ2n) is 7.72. The largest absolute Gasteiger partial charge is 0.293 e. The van der Waals surface area contributed by atoms with Crippen LogP contribution >= 0.6 is 11.3 Å². The van der Waals surface area contributed by atoms with Crippen molar-refractivity contribution in [3.63, 3.8) is 0 Å². The van der Waals surface area contributed by atoms with Crippen molar-refractivity contribution in [1.82, 2.24) is 24.3 Å². The number of hydrogen-bond donors (Lipinski definition) is 0. The smallest absolute Gasteiger partial charge is 0.264 e. The number of hydrogen-bond acceptors (Lipinski definition) is 5. The molecule has 5 aromatic rings. The van der Waals surface area contributed by atoms with Gasteiger partial charge in [-0.3, -0.25) is 9.36 Å². The fraction of sp³-hybridized carbons (Fsp3) is 0.167. The molecule has 0 saturated heterocycles. The SMILES string of the molecule is CC(C)c1ccc(-c2ncc(Cn3cnc4c(cnn4-c4ccccc4)c3=O)s2)cc1. The van der Waals surface area contributed by atoms with Crippen LogP contribution in [0.2, 0.25) is 0 Å². The fourth-order valence-electron chi connectivity index (χ4n) is 3.51. The van der Waals surface area contributed by atoms with Gasteiger partial charge >= 0.3 is 0 Å². The zero-order valence-electron chi connectivity index (χ0n) is 17.3. The predicted molar refractivity (Wildman–Crippen MR) is 124 cm³/mol. The van der Waals surface area contributed by atoms with E-state index in [9.17, 15) is 4.79 Å². The van der Waals surface area contributed by atoms with Gasteiger partial charge in [-0.15, -0.1) is 11.3 Å². The Bertz CT molecular complexity index is 1400. The van der Waals surface area contributed by atoms with Crippen molar-refractivity contribution in [2.24, 2.45) is 0 Å². The van der Waals surface area contributed by atoms with Gasteiger partial charge < -0.3 is 0 Å². The third-order valence-electron chi connectivity index (χ3n) is 5.26. The molecule has 31 heavy (non-hydrogen) atoms. The number of fused-ring (bicyclic) bond motifs is 1. The minimum atomic E-state index is -0.108. The summed E-state index contributed by atoms with van der Waals surface area (Å²) >= 11 is 1.59. The Balaban J connectivity index is 1.42. The zero-order valence-corrected chi connectivity index (χ0v) is 18.1. The second kappa shape index (κ2) is 7.92. The van der Waals surface area contributed by atoms with E-state index in [0.29, 0.717) is 23.5 Å². The summed E-state index contributed by atoms with van der Waals surface area (Å²) in [5.41, 5.74) is 3.72. The monoisotopic (exact) mass is 427 g/mol. The van der Waals surface area contributed by atoms with E-state index >= 15 is 0 Å². The molecule has 0 unspecified atom stereocenters. The van der Waals surface area contributed by atoms with Gasteiger partial charge in [-0.25, -0.2) is 14.6 Å². The van der Waals surface area contributed by atoms with Crippen molar-refractivity contribution in [3.8, 4) is 16.3 Å². The fourth-order valence-corrected chi connectivity index (χ4v) is 4.43. The van der Waals surface area contributed by atoms with Gasteiger partial charge in [0.15, 0.2) is 5.65 Å². The van der Waals surface area contributed by atoms with Crippen LogP contribution in [0.4, 0.5) is 0 Å². The summed E-state index contributed by atoms with van der Waals surface area (Å²) in [5, 5.41) is 5.82. The minimum Gasteiger partial charge on any atom is -0.293 e. The van der Waals surface area contributed by atoms with E-state index in [1.165, 1.54) is 5.56 Å². The molecule has 0 aliphatic heterocycles. The first-order chi connectivity index (χ1) is 15.1. The lowest BCUT2D eigenvalue weighted by atomic mass is 10.0. The van der Waals surface area contributed by atoms with Crippen molar-refractivity contribution in [2.45, 2.75) is 26.3 Å². The highest BCUT2D eigenvalue weighted by Crippen LogP contribution is 2.27. The van der Waals surface area contributed by atoms with Gasteiger partial charge in [-0.05, 0) is 23.6 Å². The maximum Gasteiger partial charge on any atom is 0.264 e. The minimum absolute atomic E-state index is 0.108. The molecular formula is C24H21N5OS. The van der Waals surface area contributed by atoms with Gasteiger partial charge in [0, 0.05) is 16.6 Å². The first-order valence-electron chi connectivity index (χ1n) is 10.1. The van der Waals surface area contributed by atoms with E-state index in [1.54, 1.807) is 33.1 Å². The van der Waals surface area contributed by atoms with Crippen LogP contribution in [0.1, 0.15) is 30.2 Å². The molecule has 7 heteroatoms. The van der Waals surface area contributed by atoms with Gasteiger partial charge in [0.25, 0.3) is 5.56 Å². The van der Waals surface area contributed by atoms with Crippen LogP contribution < -0.4 is 5.56 Å². The van der Waals surface area contributed by atoms with Crippen LogP contribution in [-0.4, -0.2) is 24.3 Å². The van der Waals surface area contributed by atoms with E-state index in [1.807, 2.05) is 36.5 Å². The molecule has 2 aromatic carbocycles. The van der Waals surface area contributed by atoms with Crippen LogP contribution in [0.15, 0.2) is 78.1 Å². The number of para-hydroxylation sites is 1. The summed E-state index contributed by atoms with van der Waals surface area (Å²) in [6.07, 6.45) is 5.01. The highest BCUT2D eigenvalue weighted by Gasteiger charge is 2.13. The van der Waals surface area contributed by atoms with E-state index in [0.717, 1.165) is 21.1 Å². The quantitative estimate of drug-likeness (QED) is 0.401. The molecule has 0 aliphatic rings. The first-order valence-corrected chi connectivity index (χ1v) is 11.0. The molecular weight excluding hydrogens is 406 g/mol. The first kappa shape index (κ1) is 19.4. The van der Waals surface area contributed by atoms with Gasteiger partial charge in [-0.1, -0.05) is 56.3 Å². The summed E-state index contributed by atoms with van der Waals surface area (Å²) in [4.78, 5) is 23.1. The van der Waals surface area contributed by atoms with Crippen molar-refractivity contribution in [3.05, 3.63) is 94.1 Å². The molecule has 5 rings (SSSR count). The summed E-state index contributed by atoms with van der Waals surface area (Å²) < 4.78 is 3.30. The molecule has 3 aromatic heterocycles. The highest BCUT2D eigenvalue weighted by molar-refractivity contribution is 7.15. The summed E-state index contributed by atoms with van der Waals surface area (Å²) in [7, 11) is 0. The standard InChI is InChI=1S/C24H21N5OS/c1-16(2)17-8-10-18(11-9-17)23-25-12-20(31-23)14-28-15-26-22-21(24(28)30)13-27-29(22)19-6-4-3-5-7-19/h3-13,15-16H,14H2,1-2H3. The highest BCUT2D eigenvalue weighted by atomic mass is 32.1. The Labute approximate surface area is 183 Å². The lowest BCUT2D eigenvalue weighted by molar-refractivity contribution is 0.753. The Morgan fingerprint density at radius 2 is 1.74 bits per heavy atom. The maximum atomic E-state index is 13.0. The molecule has 0 bridgehead atoms. The average Bonchev–Trinajstić information content (AvgIpc) is 3.44. The Morgan fingerprint density at radius 1 is 0.968 bits per heavy atom. The molecule has 0 aliphatic carbocycles. The summed E-state index contributed by atoms with van der Waals surface area (Å²) in [5.74, 6) is 0.501. The van der Waals surface area contributed by atoms with Crippen LogP contribution in [0.5, 0.6) is 0 Å². The van der Waals surface area contributed by atoms with Crippen molar-refractivity contribution >= 4 is 22.4 Å². The predicted octanol–water partition coefficient (Wildman–Crippen LogP) is 4.88. The number of nitrogens with zero attached hydrogens (tertiary/aromatic N) is 5. The Morgan fingerprint density at radius 3 is 2.48 bits per heavy atom. The maximum absolute atomic E-state index is 13.0. The molecule has 6 nitrogen and oxygen atoms in total. The molecule has 154 valence electrons. The summed E-state index contributed by atoms with van der Waals surface area (Å²) in [6.45, 7) is 4.80. The van der Waals surface area contributed by atoms with Crippen molar-refractivity contribution < 1.29 is 0 Å². The van der Waals surface area contributed by atoms with E-state index in [4.69, 9.17) is 0 Å². The molecule has 3 heterocycles. The van der Waals surface area contributed by atoms with Gasteiger partial charge in [0.05, 0.1) is 18.4 Å². The topological polar surface area (TPSA) is 65.6 Å². The van der Waals surface area contributed by atoms with E-state index < -0.39 is 0 Å². The van der Waals surface area contributed by atoms with E-state index in [-0.39, 0.29) is 5.56 Å². The number of thiazole rings is 1. The van der Waals surface area contributed by atoms with Gasteiger partial charge in [0.2, 0.25) is 0 Å². The van der Waals surface area contributed by atoms with Gasteiger partial charge in [0.1, 0.15) is 16.7 Å².